The lowest BCUT2D eigenvalue weighted by Gasteiger charge is -2.18. The summed E-state index contributed by atoms with van der Waals surface area (Å²) >= 11 is 0. The Labute approximate surface area is 415 Å². The molecule has 1 unspecified atom stereocenters. The maximum absolute atomic E-state index is 12.8. The van der Waals surface area contributed by atoms with Crippen LogP contribution < -0.4 is 0 Å². The molecular formula is C61H108O6. The highest BCUT2D eigenvalue weighted by Crippen LogP contribution is 2.16. The minimum atomic E-state index is -0.791. The predicted octanol–water partition coefficient (Wildman–Crippen LogP) is 19.2. The first kappa shape index (κ1) is 64.1. The van der Waals surface area contributed by atoms with Crippen LogP contribution in [0, 0.1) is 0 Å². The van der Waals surface area contributed by atoms with Crippen molar-refractivity contribution in [3.05, 3.63) is 60.8 Å². The van der Waals surface area contributed by atoms with Gasteiger partial charge in [0.05, 0.1) is 0 Å². The lowest BCUT2D eigenvalue weighted by molar-refractivity contribution is -0.167. The van der Waals surface area contributed by atoms with E-state index in [0.29, 0.717) is 19.3 Å². The van der Waals surface area contributed by atoms with Gasteiger partial charge in [-0.25, -0.2) is 0 Å². The largest absolute Gasteiger partial charge is 0.462 e. The third-order valence-corrected chi connectivity index (χ3v) is 12.5. The van der Waals surface area contributed by atoms with Gasteiger partial charge in [0.25, 0.3) is 0 Å². The predicted molar refractivity (Wildman–Crippen MR) is 288 cm³/mol. The summed E-state index contributed by atoms with van der Waals surface area (Å²) in [5.41, 5.74) is 0. The highest BCUT2D eigenvalue weighted by Gasteiger charge is 2.19. The molecule has 0 aromatic heterocycles. The van der Waals surface area contributed by atoms with Gasteiger partial charge in [-0.05, 0) is 83.5 Å². The van der Waals surface area contributed by atoms with E-state index in [1.807, 2.05) is 0 Å². The van der Waals surface area contributed by atoms with Gasteiger partial charge in [-0.2, -0.15) is 0 Å². The summed E-state index contributed by atoms with van der Waals surface area (Å²) in [5.74, 6) is -0.910. The summed E-state index contributed by atoms with van der Waals surface area (Å²) in [4.78, 5) is 38.1. The minimum absolute atomic E-state index is 0.0858. The van der Waals surface area contributed by atoms with Crippen LogP contribution in [0.4, 0.5) is 0 Å². The van der Waals surface area contributed by atoms with Crippen molar-refractivity contribution in [2.24, 2.45) is 0 Å². The van der Waals surface area contributed by atoms with Crippen molar-refractivity contribution in [2.45, 2.75) is 297 Å². The molecule has 67 heavy (non-hydrogen) atoms. The lowest BCUT2D eigenvalue weighted by Crippen LogP contribution is -2.30. The summed E-state index contributed by atoms with van der Waals surface area (Å²) in [6.45, 7) is 6.52. The maximum Gasteiger partial charge on any atom is 0.306 e. The molecule has 0 saturated heterocycles. The molecule has 0 heterocycles. The van der Waals surface area contributed by atoms with Crippen LogP contribution in [0.15, 0.2) is 60.8 Å². The molecule has 0 saturated carbocycles. The zero-order chi connectivity index (χ0) is 48.6. The van der Waals surface area contributed by atoms with E-state index in [4.69, 9.17) is 14.2 Å². The van der Waals surface area contributed by atoms with Gasteiger partial charge in [-0.3, -0.25) is 14.4 Å². The third-order valence-electron chi connectivity index (χ3n) is 12.5. The van der Waals surface area contributed by atoms with Crippen molar-refractivity contribution in [3.63, 3.8) is 0 Å². The Morgan fingerprint density at radius 3 is 0.955 bits per heavy atom. The highest BCUT2D eigenvalue weighted by atomic mass is 16.6. The molecule has 0 bridgehead atoms. The van der Waals surface area contributed by atoms with Crippen molar-refractivity contribution in [2.75, 3.05) is 13.2 Å². The van der Waals surface area contributed by atoms with E-state index in [9.17, 15) is 14.4 Å². The number of hydrogen-bond donors (Lipinski definition) is 0. The van der Waals surface area contributed by atoms with Crippen molar-refractivity contribution in [3.8, 4) is 0 Å². The molecule has 0 radical (unpaired) electrons. The average Bonchev–Trinajstić information content (AvgIpc) is 3.33. The summed E-state index contributed by atoms with van der Waals surface area (Å²) in [5, 5.41) is 0. The molecule has 0 aromatic rings. The molecule has 0 aromatic carbocycles. The number of hydrogen-bond acceptors (Lipinski definition) is 6. The first-order valence-electron chi connectivity index (χ1n) is 28.8. The Balaban J connectivity index is 4.40. The number of carbonyl (C=O) groups is 3. The molecule has 0 aliphatic carbocycles. The summed E-state index contributed by atoms with van der Waals surface area (Å²) in [6, 6.07) is 0. The fourth-order valence-electron chi connectivity index (χ4n) is 8.19. The summed E-state index contributed by atoms with van der Waals surface area (Å²) in [7, 11) is 0. The van der Waals surface area contributed by atoms with Gasteiger partial charge in [0.2, 0.25) is 0 Å². The van der Waals surface area contributed by atoms with Crippen LogP contribution >= 0.6 is 0 Å². The molecule has 6 heteroatoms. The number of allylic oxidation sites excluding steroid dienone is 10. The van der Waals surface area contributed by atoms with Gasteiger partial charge in [0.1, 0.15) is 13.2 Å². The van der Waals surface area contributed by atoms with Crippen LogP contribution in [0.2, 0.25) is 0 Å². The van der Waals surface area contributed by atoms with Gasteiger partial charge in [0, 0.05) is 19.3 Å². The quantitative estimate of drug-likeness (QED) is 0.0262. The first-order valence-corrected chi connectivity index (χ1v) is 28.8. The van der Waals surface area contributed by atoms with Gasteiger partial charge in [0.15, 0.2) is 6.10 Å². The Morgan fingerprint density at radius 1 is 0.313 bits per heavy atom. The van der Waals surface area contributed by atoms with Crippen molar-refractivity contribution in [1.82, 2.24) is 0 Å². The topological polar surface area (TPSA) is 78.9 Å². The summed E-state index contributed by atoms with van der Waals surface area (Å²) < 4.78 is 16.8. The first-order chi connectivity index (χ1) is 33.0. The van der Waals surface area contributed by atoms with Crippen molar-refractivity contribution >= 4 is 17.9 Å². The number of unbranched alkanes of at least 4 members (excludes halogenated alkanes) is 31. The lowest BCUT2D eigenvalue weighted by atomic mass is 10.0. The van der Waals surface area contributed by atoms with Gasteiger partial charge in [-0.15, -0.1) is 0 Å². The van der Waals surface area contributed by atoms with E-state index in [1.54, 1.807) is 0 Å². The Bertz CT molecular complexity index is 1210. The molecule has 0 N–H and O–H groups in total. The Kier molecular flexibility index (Phi) is 53.3. The van der Waals surface area contributed by atoms with E-state index in [-0.39, 0.29) is 31.1 Å². The zero-order valence-electron chi connectivity index (χ0n) is 44.4. The van der Waals surface area contributed by atoms with E-state index in [1.165, 1.54) is 161 Å². The molecular weight excluding hydrogens is 829 g/mol. The normalized spacial score (nSPS) is 12.5. The Morgan fingerprint density at radius 2 is 0.582 bits per heavy atom. The van der Waals surface area contributed by atoms with Gasteiger partial charge in [-0.1, -0.05) is 248 Å². The fraction of sp³-hybridized carbons (Fsp3) is 0.787. The van der Waals surface area contributed by atoms with Crippen LogP contribution in [0.1, 0.15) is 290 Å². The van der Waals surface area contributed by atoms with Crippen LogP contribution in [-0.2, 0) is 28.6 Å². The molecule has 6 nitrogen and oxygen atoms in total. The van der Waals surface area contributed by atoms with Crippen LogP contribution in [-0.4, -0.2) is 37.2 Å². The molecule has 0 aliphatic heterocycles. The molecule has 0 aliphatic rings. The second kappa shape index (κ2) is 55.7. The van der Waals surface area contributed by atoms with Crippen LogP contribution in [0.3, 0.4) is 0 Å². The SMILES string of the molecule is CC/C=C\C/C=C\C/C=C\C/C=C\CCCCCC(=O)OC(COC(=O)CCCCCCCCC/C=C\CCCCCC)COC(=O)CCCCCCCCCCCCCCCCCCCC. The zero-order valence-corrected chi connectivity index (χ0v) is 44.4. The van der Waals surface area contributed by atoms with E-state index < -0.39 is 6.10 Å². The highest BCUT2D eigenvalue weighted by molar-refractivity contribution is 5.71. The Hall–Kier alpha value is -2.89. The van der Waals surface area contributed by atoms with Gasteiger partial charge >= 0.3 is 17.9 Å². The molecule has 0 amide bonds. The van der Waals surface area contributed by atoms with E-state index in [0.717, 1.165) is 89.9 Å². The number of carbonyl (C=O) groups excluding carboxylic acids is 3. The smallest absolute Gasteiger partial charge is 0.306 e. The third kappa shape index (κ3) is 53.9. The minimum Gasteiger partial charge on any atom is -0.462 e. The monoisotopic (exact) mass is 937 g/mol. The van der Waals surface area contributed by atoms with E-state index in [2.05, 4.69) is 81.5 Å². The maximum atomic E-state index is 12.8. The second-order valence-corrected chi connectivity index (χ2v) is 19.2. The van der Waals surface area contributed by atoms with E-state index >= 15 is 0 Å². The van der Waals surface area contributed by atoms with Crippen LogP contribution in [0.5, 0.6) is 0 Å². The standard InChI is InChI=1S/C61H108O6/c1-4-7-10-13-16-19-22-25-28-30-31-34-36-39-42-45-48-51-54-60(63)66-57-58(56-65-59(62)53-50-47-44-41-38-35-32-27-24-21-18-15-12-9-6-3)67-61(64)55-52-49-46-43-40-37-33-29-26-23-20-17-14-11-8-5-2/h8,11,17,20-21,24,26,29,37,40,58H,4-7,9-10,12-16,18-19,22-23,25,27-28,30-36,38-39,41-57H2,1-3H3/b11-8-,20-17-,24-21-,29-26-,40-37-. The average molecular weight is 938 g/mol. The summed E-state index contributed by atoms with van der Waals surface area (Å²) in [6.07, 6.45) is 69.2. The van der Waals surface area contributed by atoms with Gasteiger partial charge < -0.3 is 14.2 Å². The fourth-order valence-corrected chi connectivity index (χ4v) is 8.19. The second-order valence-electron chi connectivity index (χ2n) is 19.2. The number of ether oxygens (including phenoxy) is 3. The molecule has 0 spiro atoms. The molecule has 388 valence electrons. The molecule has 0 fully saturated rings. The number of esters is 3. The molecule has 1 atom stereocenters. The van der Waals surface area contributed by atoms with Crippen molar-refractivity contribution < 1.29 is 28.6 Å². The van der Waals surface area contributed by atoms with Crippen molar-refractivity contribution in [1.29, 1.82) is 0 Å². The van der Waals surface area contributed by atoms with Crippen LogP contribution in [0.25, 0.3) is 0 Å². The number of rotatable bonds is 52. The molecule has 0 rings (SSSR count).